The van der Waals surface area contributed by atoms with Gasteiger partial charge in [0.15, 0.2) is 0 Å². The molecule has 8 nitrogen and oxygen atoms in total. The van der Waals surface area contributed by atoms with Gasteiger partial charge in [-0.15, -0.1) is 0 Å². The number of hydrogen-bond donors (Lipinski definition) is 4. The van der Waals surface area contributed by atoms with E-state index in [1.54, 1.807) is 0 Å². The van der Waals surface area contributed by atoms with E-state index < -0.39 is 15.8 Å². The van der Waals surface area contributed by atoms with Crippen molar-refractivity contribution in [2.75, 3.05) is 26.2 Å². The van der Waals surface area contributed by atoms with E-state index in [0.717, 1.165) is 12.1 Å². The number of hydrogen-bond acceptors (Lipinski definition) is 5. The Hall–Kier alpha value is -2.04. The van der Waals surface area contributed by atoms with Gasteiger partial charge < -0.3 is 15.7 Å². The smallest absolute Gasteiger partial charge is 0.240 e. The lowest BCUT2D eigenvalue weighted by Crippen LogP contribution is -2.41. The Morgan fingerprint density at radius 2 is 1.72 bits per heavy atom. The zero-order valence-corrected chi connectivity index (χ0v) is 17.0. The highest BCUT2D eigenvalue weighted by Gasteiger charge is 2.27. The van der Waals surface area contributed by atoms with Crippen LogP contribution in [-0.4, -0.2) is 51.6 Å². The first kappa shape index (κ1) is 23.2. The van der Waals surface area contributed by atoms with Gasteiger partial charge in [-0.25, -0.2) is 17.5 Å². The van der Waals surface area contributed by atoms with Gasteiger partial charge in [-0.05, 0) is 62.3 Å². The minimum Gasteiger partial charge on any atom is -0.396 e. The van der Waals surface area contributed by atoms with Gasteiger partial charge in [0, 0.05) is 25.6 Å². The first-order valence-electron chi connectivity index (χ1n) is 9.72. The molecular weight excluding hydrogens is 401 g/mol. The summed E-state index contributed by atoms with van der Waals surface area (Å²) in [5.41, 5.74) is 0. The monoisotopic (exact) mass is 429 g/mol. The summed E-state index contributed by atoms with van der Waals surface area (Å²) in [6, 6.07) is 4.65. The predicted octanol–water partition coefficient (Wildman–Crippen LogP) is 0.525. The van der Waals surface area contributed by atoms with E-state index in [0.29, 0.717) is 38.6 Å². The number of halogens is 1. The molecule has 29 heavy (non-hydrogen) atoms. The zero-order chi connectivity index (χ0) is 21.3. The number of benzene rings is 1. The van der Waals surface area contributed by atoms with Crippen LogP contribution in [0.15, 0.2) is 29.2 Å². The number of nitrogens with one attached hydrogen (secondary N) is 3. The highest BCUT2D eigenvalue weighted by molar-refractivity contribution is 7.89. The molecule has 162 valence electrons. The lowest BCUT2D eigenvalue weighted by Gasteiger charge is -2.27. The maximum absolute atomic E-state index is 12.9. The molecule has 0 atom stereocenters. The lowest BCUT2D eigenvalue weighted by atomic mass is 9.81. The molecule has 0 aliphatic heterocycles. The van der Waals surface area contributed by atoms with E-state index in [1.807, 2.05) is 0 Å². The summed E-state index contributed by atoms with van der Waals surface area (Å²) in [5.74, 6) is -1.03. The Labute approximate surface area is 170 Å². The highest BCUT2D eigenvalue weighted by Crippen LogP contribution is 2.28. The maximum Gasteiger partial charge on any atom is 0.240 e. The van der Waals surface area contributed by atoms with Gasteiger partial charge in [0.1, 0.15) is 5.82 Å². The molecule has 1 aromatic carbocycles. The van der Waals surface area contributed by atoms with Crippen molar-refractivity contribution >= 4 is 21.8 Å². The molecule has 1 aromatic rings. The van der Waals surface area contributed by atoms with Crippen molar-refractivity contribution in [2.24, 2.45) is 11.8 Å². The van der Waals surface area contributed by atoms with Crippen LogP contribution >= 0.6 is 0 Å². The summed E-state index contributed by atoms with van der Waals surface area (Å²) in [6.07, 6.45) is 3.12. The Bertz CT molecular complexity index is 778. The Balaban J connectivity index is 1.70. The molecule has 2 rings (SSSR count). The summed E-state index contributed by atoms with van der Waals surface area (Å²) < 4.78 is 40.0. The number of aliphatic hydroxyl groups is 1. The van der Waals surface area contributed by atoms with Crippen LogP contribution < -0.4 is 15.4 Å². The summed E-state index contributed by atoms with van der Waals surface area (Å²) in [5, 5.41) is 13.9. The molecule has 10 heteroatoms. The summed E-state index contributed by atoms with van der Waals surface area (Å²) in [4.78, 5) is 23.8. The van der Waals surface area contributed by atoms with Crippen molar-refractivity contribution in [1.82, 2.24) is 15.4 Å². The third kappa shape index (κ3) is 7.71. The van der Waals surface area contributed by atoms with E-state index >= 15 is 0 Å². The van der Waals surface area contributed by atoms with Gasteiger partial charge in [-0.3, -0.25) is 9.59 Å². The topological polar surface area (TPSA) is 125 Å². The van der Waals surface area contributed by atoms with Gasteiger partial charge >= 0.3 is 0 Å². The van der Waals surface area contributed by atoms with Gasteiger partial charge in [-0.1, -0.05) is 0 Å². The molecule has 1 aliphatic rings. The second-order valence-corrected chi connectivity index (χ2v) is 8.94. The van der Waals surface area contributed by atoms with Crippen molar-refractivity contribution in [2.45, 2.75) is 37.0 Å². The number of carbonyl (C=O) groups is 2. The molecular formula is C19H28FN3O5S. The van der Waals surface area contributed by atoms with Crippen LogP contribution in [0.25, 0.3) is 0 Å². The average Bonchev–Trinajstić information content (AvgIpc) is 2.71. The number of carbonyl (C=O) groups excluding carboxylic acids is 2. The minimum atomic E-state index is -3.69. The molecule has 4 N–H and O–H groups in total. The van der Waals surface area contributed by atoms with Crippen LogP contribution in [0.1, 0.15) is 32.1 Å². The van der Waals surface area contributed by atoms with Crippen molar-refractivity contribution < 1.29 is 27.5 Å². The molecule has 0 bridgehead atoms. The molecule has 0 aromatic heterocycles. The fourth-order valence-electron chi connectivity index (χ4n) is 3.23. The SMILES string of the molecule is O=C(CNC(=O)C1CCC(CNS(=O)(=O)c2ccc(F)cc2)CC1)NCCCO. The lowest BCUT2D eigenvalue weighted by molar-refractivity contribution is -0.129. The number of rotatable bonds is 10. The van der Waals surface area contributed by atoms with Crippen molar-refractivity contribution in [3.63, 3.8) is 0 Å². The van der Waals surface area contributed by atoms with E-state index in [9.17, 15) is 22.4 Å². The highest BCUT2D eigenvalue weighted by atomic mass is 32.2. The van der Waals surface area contributed by atoms with E-state index in [4.69, 9.17) is 5.11 Å². The summed E-state index contributed by atoms with van der Waals surface area (Å²) in [7, 11) is -3.69. The first-order valence-corrected chi connectivity index (χ1v) is 11.2. The van der Waals surface area contributed by atoms with Gasteiger partial charge in [-0.2, -0.15) is 0 Å². The second-order valence-electron chi connectivity index (χ2n) is 7.17. The molecule has 2 amide bonds. The Kier molecular flexibility index (Phi) is 8.99. The van der Waals surface area contributed by atoms with Crippen LogP contribution in [0.3, 0.4) is 0 Å². The Morgan fingerprint density at radius 3 is 2.34 bits per heavy atom. The van der Waals surface area contributed by atoms with Crippen LogP contribution in [0.2, 0.25) is 0 Å². The molecule has 0 radical (unpaired) electrons. The van der Waals surface area contributed by atoms with E-state index in [2.05, 4.69) is 15.4 Å². The number of aliphatic hydroxyl groups excluding tert-OH is 1. The molecule has 1 saturated carbocycles. The van der Waals surface area contributed by atoms with Crippen molar-refractivity contribution in [3.05, 3.63) is 30.1 Å². The van der Waals surface area contributed by atoms with Crippen LogP contribution in [0, 0.1) is 17.7 Å². The summed E-state index contributed by atoms with van der Waals surface area (Å²) in [6.45, 7) is 0.531. The summed E-state index contributed by atoms with van der Waals surface area (Å²) >= 11 is 0. The minimum absolute atomic E-state index is 0.00403. The van der Waals surface area contributed by atoms with Crippen LogP contribution in [-0.2, 0) is 19.6 Å². The average molecular weight is 430 g/mol. The van der Waals surface area contributed by atoms with Crippen LogP contribution in [0.5, 0.6) is 0 Å². The molecule has 1 aliphatic carbocycles. The largest absolute Gasteiger partial charge is 0.396 e. The van der Waals surface area contributed by atoms with Crippen molar-refractivity contribution in [1.29, 1.82) is 0 Å². The fourth-order valence-corrected chi connectivity index (χ4v) is 4.35. The normalized spacial score (nSPS) is 19.5. The van der Waals surface area contributed by atoms with Gasteiger partial charge in [0.25, 0.3) is 0 Å². The third-order valence-electron chi connectivity index (χ3n) is 4.98. The van der Waals surface area contributed by atoms with Gasteiger partial charge in [0.05, 0.1) is 11.4 Å². The first-order chi connectivity index (χ1) is 13.8. The van der Waals surface area contributed by atoms with Crippen LogP contribution in [0.4, 0.5) is 4.39 Å². The van der Waals surface area contributed by atoms with E-state index in [-0.39, 0.29) is 48.2 Å². The molecule has 1 fully saturated rings. The maximum atomic E-state index is 12.9. The molecule has 0 saturated heterocycles. The van der Waals surface area contributed by atoms with Crippen molar-refractivity contribution in [3.8, 4) is 0 Å². The van der Waals surface area contributed by atoms with E-state index in [1.165, 1.54) is 12.1 Å². The molecule has 0 heterocycles. The standard InChI is InChI=1S/C19H28FN3O5S/c20-16-6-8-17(9-7-16)29(27,28)23-12-14-2-4-15(5-3-14)19(26)22-13-18(25)21-10-1-11-24/h6-9,14-15,23-24H,1-5,10-13H2,(H,21,25)(H,22,26). The third-order valence-corrected chi connectivity index (χ3v) is 6.42. The predicted molar refractivity (Wildman–Crippen MR) is 105 cm³/mol. The molecule has 0 spiro atoms. The number of amides is 2. The number of sulfonamides is 1. The second kappa shape index (κ2) is 11.2. The fraction of sp³-hybridized carbons (Fsp3) is 0.579. The zero-order valence-electron chi connectivity index (χ0n) is 16.2. The molecule has 0 unspecified atom stereocenters. The Morgan fingerprint density at radius 1 is 1.07 bits per heavy atom. The van der Waals surface area contributed by atoms with Gasteiger partial charge in [0.2, 0.25) is 21.8 Å². The quantitative estimate of drug-likeness (QED) is 0.404.